The molecule has 0 spiro atoms. The molecule has 1 unspecified atom stereocenters. The van der Waals surface area contributed by atoms with E-state index in [4.69, 9.17) is 0 Å². The van der Waals surface area contributed by atoms with Crippen LogP contribution >= 0.6 is 23.1 Å². The summed E-state index contributed by atoms with van der Waals surface area (Å²) in [7, 11) is 0. The second-order valence-corrected chi connectivity index (χ2v) is 11.0. The minimum absolute atomic E-state index is 0.121. The maximum Gasteiger partial charge on any atom is 0.272 e. The van der Waals surface area contributed by atoms with Crippen LogP contribution in [-0.4, -0.2) is 22.7 Å². The number of carbonyl (C=O) groups excluding carboxylic acids is 3. The van der Waals surface area contributed by atoms with Gasteiger partial charge in [-0.1, -0.05) is 54.6 Å². The molecule has 5 rings (SSSR count). The van der Waals surface area contributed by atoms with Gasteiger partial charge in [0.1, 0.15) is 16.8 Å². The van der Waals surface area contributed by atoms with Gasteiger partial charge in [0.15, 0.2) is 0 Å². The third-order valence-electron chi connectivity index (χ3n) is 6.01. The zero-order valence-electron chi connectivity index (χ0n) is 22.3. The van der Waals surface area contributed by atoms with E-state index in [0.717, 1.165) is 16.0 Å². The lowest BCUT2D eigenvalue weighted by atomic mass is 10.1. The standard InChI is InChI=1S/C33H26N4O3S2/c38-31(25-11-5-2-6-12-25)36-28(21-23-18-20-41-22-23)32(39)35-26-14-16-27(17-15-26)42-30(24-9-3-1-4-10-24)33(40)37-29-13-7-8-19-34-29/h1-22,30H,(H,35,39)(H,36,38)(H,34,37,40)/b28-21-. The molecule has 3 amide bonds. The number of nitrogens with one attached hydrogen (secondary N) is 3. The highest BCUT2D eigenvalue weighted by Gasteiger charge is 2.23. The molecule has 0 aliphatic heterocycles. The van der Waals surface area contributed by atoms with Crippen LogP contribution in [0.1, 0.15) is 26.7 Å². The Bertz CT molecular complexity index is 1660. The number of benzene rings is 3. The maximum atomic E-state index is 13.3. The van der Waals surface area contributed by atoms with Crippen LogP contribution in [0.2, 0.25) is 0 Å². The van der Waals surface area contributed by atoms with E-state index in [1.165, 1.54) is 23.1 Å². The first-order valence-corrected chi connectivity index (χ1v) is 14.8. The van der Waals surface area contributed by atoms with Crippen molar-refractivity contribution in [2.24, 2.45) is 0 Å². The van der Waals surface area contributed by atoms with Gasteiger partial charge in [-0.3, -0.25) is 14.4 Å². The van der Waals surface area contributed by atoms with Gasteiger partial charge < -0.3 is 16.0 Å². The smallest absolute Gasteiger partial charge is 0.272 e. The highest BCUT2D eigenvalue weighted by atomic mass is 32.2. The zero-order chi connectivity index (χ0) is 29.1. The van der Waals surface area contributed by atoms with Crippen molar-refractivity contribution < 1.29 is 14.4 Å². The molecule has 42 heavy (non-hydrogen) atoms. The van der Waals surface area contributed by atoms with E-state index in [9.17, 15) is 14.4 Å². The van der Waals surface area contributed by atoms with Crippen molar-refractivity contribution in [1.82, 2.24) is 10.3 Å². The monoisotopic (exact) mass is 590 g/mol. The fourth-order valence-electron chi connectivity index (χ4n) is 3.95. The largest absolute Gasteiger partial charge is 0.321 e. The van der Waals surface area contributed by atoms with Crippen molar-refractivity contribution in [3.8, 4) is 0 Å². The molecule has 3 aromatic carbocycles. The minimum Gasteiger partial charge on any atom is -0.321 e. The Morgan fingerprint density at radius 3 is 2.17 bits per heavy atom. The summed E-state index contributed by atoms with van der Waals surface area (Å²) in [5, 5.41) is 11.8. The average Bonchev–Trinajstić information content (AvgIpc) is 3.55. The van der Waals surface area contributed by atoms with Crippen LogP contribution in [0.5, 0.6) is 0 Å². The summed E-state index contributed by atoms with van der Waals surface area (Å²) in [6.45, 7) is 0. The van der Waals surface area contributed by atoms with E-state index < -0.39 is 11.2 Å². The van der Waals surface area contributed by atoms with Crippen molar-refractivity contribution in [3.05, 3.63) is 149 Å². The van der Waals surface area contributed by atoms with Crippen LogP contribution < -0.4 is 16.0 Å². The first-order chi connectivity index (χ1) is 20.5. The van der Waals surface area contributed by atoms with Gasteiger partial charge in [0.05, 0.1) is 0 Å². The third-order valence-corrected chi connectivity index (χ3v) is 7.97. The molecular weight excluding hydrogens is 565 g/mol. The van der Waals surface area contributed by atoms with Crippen LogP contribution in [0.3, 0.4) is 0 Å². The van der Waals surface area contributed by atoms with Gasteiger partial charge in [-0.15, -0.1) is 11.8 Å². The number of rotatable bonds is 10. The molecular formula is C33H26N4O3S2. The summed E-state index contributed by atoms with van der Waals surface area (Å²) in [5.41, 5.74) is 2.77. The molecule has 0 aliphatic rings. The van der Waals surface area contributed by atoms with Crippen molar-refractivity contribution in [2.45, 2.75) is 10.1 Å². The fraction of sp³-hybridized carbons (Fsp3) is 0.0303. The first-order valence-electron chi connectivity index (χ1n) is 13.0. The number of thiophene rings is 1. The van der Waals surface area contributed by atoms with Gasteiger partial charge in [0.2, 0.25) is 5.91 Å². The SMILES string of the molecule is O=C(Nc1ccc(SC(C(=O)Nc2ccccn2)c2ccccc2)cc1)/C(=C/c1ccsc1)NC(=O)c1ccccc1. The lowest BCUT2D eigenvalue weighted by Gasteiger charge is -2.17. The van der Waals surface area contributed by atoms with Gasteiger partial charge >= 0.3 is 0 Å². The molecule has 9 heteroatoms. The molecule has 0 fully saturated rings. The molecule has 0 saturated carbocycles. The maximum absolute atomic E-state index is 13.3. The summed E-state index contributed by atoms with van der Waals surface area (Å²) in [6.07, 6.45) is 3.27. The molecule has 3 N–H and O–H groups in total. The van der Waals surface area contributed by atoms with Crippen LogP contribution in [0, 0.1) is 0 Å². The number of hydrogen-bond acceptors (Lipinski definition) is 6. The van der Waals surface area contributed by atoms with Gasteiger partial charge in [0, 0.05) is 22.3 Å². The Hall–Kier alpha value is -4.99. The highest BCUT2D eigenvalue weighted by Crippen LogP contribution is 2.36. The average molecular weight is 591 g/mol. The van der Waals surface area contributed by atoms with E-state index in [1.54, 1.807) is 60.8 Å². The quantitative estimate of drug-likeness (QED) is 0.120. The van der Waals surface area contributed by atoms with Gasteiger partial charge in [-0.2, -0.15) is 11.3 Å². The fourth-order valence-corrected chi connectivity index (χ4v) is 5.59. The predicted octanol–water partition coefficient (Wildman–Crippen LogP) is 7.02. The molecule has 7 nitrogen and oxygen atoms in total. The molecule has 2 aromatic heterocycles. The summed E-state index contributed by atoms with van der Waals surface area (Å²) >= 11 is 2.89. The second kappa shape index (κ2) is 14.1. The Balaban J connectivity index is 1.30. The normalized spacial score (nSPS) is 11.8. The lowest BCUT2D eigenvalue weighted by Crippen LogP contribution is -2.30. The Morgan fingerprint density at radius 2 is 1.50 bits per heavy atom. The summed E-state index contributed by atoms with van der Waals surface area (Å²) in [4.78, 5) is 44.4. The number of pyridine rings is 1. The number of carbonyl (C=O) groups is 3. The van der Waals surface area contributed by atoms with Gasteiger partial charge in [-0.05, 0) is 82.6 Å². The zero-order valence-corrected chi connectivity index (χ0v) is 23.9. The number of nitrogens with zero attached hydrogens (tertiary/aromatic N) is 1. The minimum atomic E-state index is -0.526. The van der Waals surface area contributed by atoms with E-state index in [2.05, 4.69) is 20.9 Å². The molecule has 1 atom stereocenters. The van der Waals surface area contributed by atoms with Crippen molar-refractivity contribution in [1.29, 1.82) is 0 Å². The molecule has 0 aliphatic carbocycles. The number of aromatic nitrogens is 1. The summed E-state index contributed by atoms with van der Waals surface area (Å²) in [5.74, 6) is -0.551. The van der Waals surface area contributed by atoms with Crippen LogP contribution in [-0.2, 0) is 9.59 Å². The van der Waals surface area contributed by atoms with Gasteiger partial charge in [-0.25, -0.2) is 4.98 Å². The van der Waals surface area contributed by atoms with E-state index >= 15 is 0 Å². The molecule has 0 bridgehead atoms. The van der Waals surface area contributed by atoms with Crippen molar-refractivity contribution in [2.75, 3.05) is 10.6 Å². The second-order valence-electron chi connectivity index (χ2n) is 9.03. The molecule has 2 heterocycles. The highest BCUT2D eigenvalue weighted by molar-refractivity contribution is 8.00. The van der Waals surface area contributed by atoms with Gasteiger partial charge in [0.25, 0.3) is 11.8 Å². The van der Waals surface area contributed by atoms with Crippen LogP contribution in [0.4, 0.5) is 11.5 Å². The molecule has 0 saturated heterocycles. The van der Waals surface area contributed by atoms with E-state index in [1.807, 2.05) is 71.4 Å². The Labute approximate surface area is 251 Å². The Morgan fingerprint density at radius 1 is 0.786 bits per heavy atom. The lowest BCUT2D eigenvalue weighted by molar-refractivity contribution is -0.116. The van der Waals surface area contributed by atoms with Crippen molar-refractivity contribution in [3.63, 3.8) is 0 Å². The molecule has 5 aromatic rings. The Kier molecular flexibility index (Phi) is 9.56. The third kappa shape index (κ3) is 7.81. The number of thioether (sulfide) groups is 1. The number of amides is 3. The molecule has 208 valence electrons. The number of hydrogen-bond donors (Lipinski definition) is 3. The summed E-state index contributed by atoms with van der Waals surface area (Å²) in [6, 6.07) is 32.7. The number of anilines is 2. The topological polar surface area (TPSA) is 100 Å². The van der Waals surface area contributed by atoms with E-state index in [-0.39, 0.29) is 17.5 Å². The van der Waals surface area contributed by atoms with Crippen LogP contribution in [0.25, 0.3) is 6.08 Å². The predicted molar refractivity (Wildman–Crippen MR) is 169 cm³/mol. The van der Waals surface area contributed by atoms with Crippen molar-refractivity contribution >= 4 is 58.4 Å². The molecule has 0 radical (unpaired) electrons. The van der Waals surface area contributed by atoms with Crippen LogP contribution in [0.15, 0.2) is 137 Å². The van der Waals surface area contributed by atoms with E-state index in [0.29, 0.717) is 17.1 Å². The summed E-state index contributed by atoms with van der Waals surface area (Å²) < 4.78 is 0. The first kappa shape index (κ1) is 28.5.